The van der Waals surface area contributed by atoms with Gasteiger partial charge in [0.2, 0.25) is 5.91 Å². The van der Waals surface area contributed by atoms with Gasteiger partial charge in [0.15, 0.2) is 11.5 Å². The largest absolute Gasteiger partial charge is 0.508 e. The second-order valence-electron chi connectivity index (χ2n) is 7.33. The number of phenols is 2. The van der Waals surface area contributed by atoms with E-state index in [-0.39, 0.29) is 28.9 Å². The summed E-state index contributed by atoms with van der Waals surface area (Å²) in [7, 11) is 1.59. The Hall–Kier alpha value is -3.42. The molecule has 0 aromatic heterocycles. The van der Waals surface area contributed by atoms with Gasteiger partial charge in [-0.15, -0.1) is 0 Å². The van der Waals surface area contributed by atoms with Crippen molar-refractivity contribution >= 4 is 11.8 Å². The third-order valence-electron chi connectivity index (χ3n) is 5.22. The molecule has 8 heteroatoms. The Bertz CT molecular complexity index is 917. The number of hydrogen-bond acceptors (Lipinski definition) is 6. The van der Waals surface area contributed by atoms with Gasteiger partial charge in [-0.05, 0) is 43.2 Å². The minimum absolute atomic E-state index is 0.0370. The molecule has 2 N–H and O–H groups in total. The summed E-state index contributed by atoms with van der Waals surface area (Å²) in [6, 6.07) is 9.50. The fourth-order valence-electron chi connectivity index (χ4n) is 3.61. The summed E-state index contributed by atoms with van der Waals surface area (Å²) in [6.07, 6.45) is 0.953. The van der Waals surface area contributed by atoms with Crippen molar-refractivity contribution in [1.82, 2.24) is 9.80 Å². The van der Waals surface area contributed by atoms with E-state index in [9.17, 15) is 19.8 Å². The van der Waals surface area contributed by atoms with Crippen LogP contribution < -0.4 is 9.47 Å². The summed E-state index contributed by atoms with van der Waals surface area (Å²) >= 11 is 0. The minimum Gasteiger partial charge on any atom is -0.508 e. The van der Waals surface area contributed by atoms with Crippen LogP contribution in [-0.4, -0.2) is 71.7 Å². The first-order valence-electron chi connectivity index (χ1n) is 10.3. The molecular weight excluding hydrogens is 400 g/mol. The highest BCUT2D eigenvalue weighted by molar-refractivity contribution is 5.95. The summed E-state index contributed by atoms with van der Waals surface area (Å²) < 4.78 is 10.9. The van der Waals surface area contributed by atoms with Crippen molar-refractivity contribution in [1.29, 1.82) is 0 Å². The number of aromatic hydroxyl groups is 2. The molecule has 2 amide bonds. The van der Waals surface area contributed by atoms with Crippen molar-refractivity contribution in [3.8, 4) is 23.0 Å². The van der Waals surface area contributed by atoms with Crippen molar-refractivity contribution in [3.05, 3.63) is 47.5 Å². The van der Waals surface area contributed by atoms with Crippen LogP contribution in [0.2, 0.25) is 0 Å². The standard InChI is InChI=1S/C23H28N2O6/c1-3-31-20-6-4-16(12-21(20)30-2)5-7-22(28)24-8-10-25(11-9-24)23(29)17-13-18(26)15-19(27)14-17/h4,6,12-15,26-27H,3,5,7-11H2,1-2H3. The van der Waals surface area contributed by atoms with Crippen LogP contribution in [0.15, 0.2) is 36.4 Å². The zero-order valence-electron chi connectivity index (χ0n) is 17.8. The van der Waals surface area contributed by atoms with Crippen molar-refractivity contribution in [2.75, 3.05) is 39.9 Å². The molecule has 1 aliphatic heterocycles. The molecule has 1 saturated heterocycles. The minimum atomic E-state index is -0.278. The second-order valence-corrected chi connectivity index (χ2v) is 7.33. The smallest absolute Gasteiger partial charge is 0.254 e. The predicted molar refractivity (Wildman–Crippen MR) is 115 cm³/mol. The van der Waals surface area contributed by atoms with Gasteiger partial charge in [-0.2, -0.15) is 0 Å². The molecule has 0 radical (unpaired) electrons. The molecule has 1 fully saturated rings. The summed E-state index contributed by atoms with van der Waals surface area (Å²) in [5, 5.41) is 19.2. The molecule has 0 bridgehead atoms. The summed E-state index contributed by atoms with van der Waals surface area (Å²) in [4.78, 5) is 28.6. The van der Waals surface area contributed by atoms with Crippen LogP contribution in [0, 0.1) is 0 Å². The Morgan fingerprint density at radius 3 is 2.19 bits per heavy atom. The maximum absolute atomic E-state index is 12.6. The first kappa shape index (κ1) is 22.3. The van der Waals surface area contributed by atoms with E-state index in [1.54, 1.807) is 16.9 Å². The molecule has 0 spiro atoms. The van der Waals surface area contributed by atoms with Gasteiger partial charge in [0.05, 0.1) is 13.7 Å². The SMILES string of the molecule is CCOc1ccc(CCC(=O)N2CCN(C(=O)c3cc(O)cc(O)c3)CC2)cc1OC. The quantitative estimate of drug-likeness (QED) is 0.703. The summed E-state index contributed by atoms with van der Waals surface area (Å²) in [5.41, 5.74) is 1.22. The van der Waals surface area contributed by atoms with Gasteiger partial charge in [0.1, 0.15) is 11.5 Å². The highest BCUT2D eigenvalue weighted by Gasteiger charge is 2.25. The number of nitrogens with zero attached hydrogens (tertiary/aromatic N) is 2. The molecule has 166 valence electrons. The Balaban J connectivity index is 1.52. The lowest BCUT2D eigenvalue weighted by Gasteiger charge is -2.35. The number of piperazine rings is 1. The Morgan fingerprint density at radius 2 is 1.58 bits per heavy atom. The number of hydrogen-bond donors (Lipinski definition) is 2. The number of rotatable bonds is 7. The highest BCUT2D eigenvalue weighted by atomic mass is 16.5. The molecule has 3 rings (SSSR count). The van der Waals surface area contributed by atoms with Crippen molar-refractivity contribution in [2.45, 2.75) is 19.8 Å². The molecule has 0 atom stereocenters. The van der Waals surface area contributed by atoms with Crippen molar-refractivity contribution in [3.63, 3.8) is 0 Å². The molecule has 0 unspecified atom stereocenters. The van der Waals surface area contributed by atoms with Crippen LogP contribution in [0.5, 0.6) is 23.0 Å². The van der Waals surface area contributed by atoms with Gasteiger partial charge in [0, 0.05) is 44.2 Å². The third-order valence-corrected chi connectivity index (χ3v) is 5.22. The molecule has 31 heavy (non-hydrogen) atoms. The average molecular weight is 428 g/mol. The van der Waals surface area contributed by atoms with Gasteiger partial charge < -0.3 is 29.5 Å². The fraction of sp³-hybridized carbons (Fsp3) is 0.391. The lowest BCUT2D eigenvalue weighted by molar-refractivity contribution is -0.132. The summed E-state index contributed by atoms with van der Waals surface area (Å²) in [5.74, 6) is 0.763. The first-order chi connectivity index (χ1) is 14.9. The van der Waals surface area contributed by atoms with E-state index in [2.05, 4.69) is 0 Å². The Morgan fingerprint density at radius 1 is 0.935 bits per heavy atom. The molecule has 8 nitrogen and oxygen atoms in total. The molecule has 0 aliphatic carbocycles. The lowest BCUT2D eigenvalue weighted by Crippen LogP contribution is -2.50. The number of aryl methyl sites for hydroxylation is 1. The molecule has 2 aromatic rings. The third kappa shape index (κ3) is 5.59. The van der Waals surface area contributed by atoms with E-state index in [4.69, 9.17) is 9.47 Å². The molecular formula is C23H28N2O6. The van der Waals surface area contributed by atoms with Crippen LogP contribution in [0.4, 0.5) is 0 Å². The van der Waals surface area contributed by atoms with Gasteiger partial charge in [-0.3, -0.25) is 9.59 Å². The van der Waals surface area contributed by atoms with E-state index in [0.717, 1.165) is 5.56 Å². The number of carbonyl (C=O) groups excluding carboxylic acids is 2. The fourth-order valence-corrected chi connectivity index (χ4v) is 3.61. The monoisotopic (exact) mass is 428 g/mol. The van der Waals surface area contributed by atoms with Crippen molar-refractivity contribution in [2.24, 2.45) is 0 Å². The number of amides is 2. The topological polar surface area (TPSA) is 99.5 Å². The zero-order chi connectivity index (χ0) is 22.4. The number of benzene rings is 2. The second kappa shape index (κ2) is 10.1. The molecule has 1 heterocycles. The first-order valence-corrected chi connectivity index (χ1v) is 10.3. The van der Waals surface area contributed by atoms with Gasteiger partial charge >= 0.3 is 0 Å². The Labute approximate surface area is 181 Å². The highest BCUT2D eigenvalue weighted by Crippen LogP contribution is 2.28. The maximum Gasteiger partial charge on any atom is 0.254 e. The van der Waals surface area contributed by atoms with E-state index in [1.807, 2.05) is 25.1 Å². The van der Waals surface area contributed by atoms with E-state index in [0.29, 0.717) is 57.1 Å². The van der Waals surface area contributed by atoms with Crippen molar-refractivity contribution < 1.29 is 29.3 Å². The molecule has 2 aromatic carbocycles. The van der Waals surface area contributed by atoms with Crippen LogP contribution in [0.25, 0.3) is 0 Å². The van der Waals surface area contributed by atoms with Gasteiger partial charge in [-0.25, -0.2) is 0 Å². The van der Waals surface area contributed by atoms with Crippen LogP contribution in [0.3, 0.4) is 0 Å². The van der Waals surface area contributed by atoms with E-state index < -0.39 is 0 Å². The predicted octanol–water partition coefficient (Wildman–Crippen LogP) is 2.42. The average Bonchev–Trinajstić information content (AvgIpc) is 2.77. The lowest BCUT2D eigenvalue weighted by atomic mass is 10.1. The normalized spacial score (nSPS) is 13.7. The van der Waals surface area contributed by atoms with Gasteiger partial charge in [-0.1, -0.05) is 6.07 Å². The Kier molecular flexibility index (Phi) is 7.23. The number of carbonyl (C=O) groups is 2. The number of ether oxygens (including phenoxy) is 2. The van der Waals surface area contributed by atoms with Crippen LogP contribution in [-0.2, 0) is 11.2 Å². The zero-order valence-corrected chi connectivity index (χ0v) is 17.8. The summed E-state index contributed by atoms with van der Waals surface area (Å²) in [6.45, 7) is 4.15. The van der Waals surface area contributed by atoms with Crippen LogP contribution >= 0.6 is 0 Å². The van der Waals surface area contributed by atoms with Gasteiger partial charge in [0.25, 0.3) is 5.91 Å². The number of phenolic OH excluding ortho intramolecular Hbond substituents is 2. The van der Waals surface area contributed by atoms with E-state index >= 15 is 0 Å². The number of methoxy groups -OCH3 is 1. The molecule has 1 aliphatic rings. The molecule has 0 saturated carbocycles. The van der Waals surface area contributed by atoms with E-state index in [1.165, 1.54) is 18.2 Å². The van der Waals surface area contributed by atoms with Crippen LogP contribution in [0.1, 0.15) is 29.3 Å². The maximum atomic E-state index is 12.6.